The highest BCUT2D eigenvalue weighted by Crippen LogP contribution is 2.30. The molecule has 2 unspecified atom stereocenters. The van der Waals surface area contributed by atoms with Crippen LogP contribution >= 0.6 is 0 Å². The van der Waals surface area contributed by atoms with Gasteiger partial charge in [-0.2, -0.15) is 0 Å². The summed E-state index contributed by atoms with van der Waals surface area (Å²) in [5, 5.41) is 0. The van der Waals surface area contributed by atoms with E-state index in [0.29, 0.717) is 5.78 Å². The van der Waals surface area contributed by atoms with Crippen LogP contribution in [0.25, 0.3) is 0 Å². The molecular weight excluding hydrogens is 268 g/mol. The van der Waals surface area contributed by atoms with Gasteiger partial charge in [-0.25, -0.2) is 0 Å². The van der Waals surface area contributed by atoms with E-state index >= 15 is 0 Å². The number of carbonyl (C=O) groups is 1. The van der Waals surface area contributed by atoms with Gasteiger partial charge in [0.25, 0.3) is 0 Å². The number of rotatable bonds is 6. The number of hydrogen-bond acceptors (Lipinski definition) is 1. The van der Waals surface area contributed by atoms with Gasteiger partial charge in [-0.15, -0.1) is 0 Å². The van der Waals surface area contributed by atoms with Gasteiger partial charge in [0.2, 0.25) is 0 Å². The average Bonchev–Trinajstić information content (AvgIpc) is 2.59. The lowest BCUT2D eigenvalue weighted by Gasteiger charge is -2.21. The van der Waals surface area contributed by atoms with E-state index < -0.39 is 0 Å². The second-order valence-electron chi connectivity index (χ2n) is 5.95. The lowest BCUT2D eigenvalue weighted by atomic mass is 9.82. The van der Waals surface area contributed by atoms with Crippen LogP contribution in [0.4, 0.5) is 0 Å². The summed E-state index contributed by atoms with van der Waals surface area (Å²) in [5.41, 5.74) is 4.91. The summed E-state index contributed by atoms with van der Waals surface area (Å²) in [7, 11) is 0. The molecule has 0 amide bonds. The molecule has 0 aliphatic rings. The van der Waals surface area contributed by atoms with Crippen molar-refractivity contribution in [3.05, 3.63) is 70.8 Å². The maximum Gasteiger partial charge on any atom is 0.147 e. The topological polar surface area (TPSA) is 17.1 Å². The Morgan fingerprint density at radius 2 is 1.14 bits per heavy atom. The van der Waals surface area contributed by atoms with Gasteiger partial charge in [0.15, 0.2) is 0 Å². The number of benzene rings is 2. The van der Waals surface area contributed by atoms with Gasteiger partial charge in [-0.1, -0.05) is 76.2 Å². The molecule has 116 valence electrons. The van der Waals surface area contributed by atoms with E-state index in [9.17, 15) is 4.79 Å². The molecule has 0 aliphatic carbocycles. The Morgan fingerprint density at radius 3 is 1.50 bits per heavy atom. The normalized spacial score (nSPS) is 13.6. The molecule has 2 atom stereocenters. The molecule has 0 saturated carbocycles. The van der Waals surface area contributed by atoms with E-state index in [0.717, 1.165) is 12.8 Å². The third-order valence-corrected chi connectivity index (χ3v) is 4.66. The summed E-state index contributed by atoms with van der Waals surface area (Å²) < 4.78 is 0. The van der Waals surface area contributed by atoms with Crippen LogP contribution in [-0.2, 0) is 17.6 Å². The first kappa shape index (κ1) is 16.5. The van der Waals surface area contributed by atoms with E-state index in [2.05, 4.69) is 50.2 Å². The Labute approximate surface area is 134 Å². The number of carbonyl (C=O) groups excluding carboxylic acids is 1. The van der Waals surface area contributed by atoms with Crippen LogP contribution in [0, 0.1) is 0 Å². The summed E-state index contributed by atoms with van der Waals surface area (Å²) in [5.74, 6) is 0.189. The fourth-order valence-corrected chi connectivity index (χ4v) is 3.24. The molecule has 0 spiro atoms. The summed E-state index contributed by atoms with van der Waals surface area (Å²) in [6, 6.07) is 16.6. The van der Waals surface area contributed by atoms with Gasteiger partial charge in [-0.3, -0.25) is 4.79 Å². The monoisotopic (exact) mass is 294 g/mol. The summed E-state index contributed by atoms with van der Waals surface area (Å²) in [6.07, 6.45) is 1.93. The summed E-state index contributed by atoms with van der Waals surface area (Å²) >= 11 is 0. The smallest absolute Gasteiger partial charge is 0.147 e. The van der Waals surface area contributed by atoms with E-state index in [1.807, 2.05) is 26.0 Å². The highest BCUT2D eigenvalue weighted by molar-refractivity contribution is 5.91. The van der Waals surface area contributed by atoms with Crippen LogP contribution in [0.3, 0.4) is 0 Å². The summed E-state index contributed by atoms with van der Waals surface area (Å²) in [6.45, 7) is 8.38. The van der Waals surface area contributed by atoms with Crippen molar-refractivity contribution in [2.75, 3.05) is 0 Å². The quantitative estimate of drug-likeness (QED) is 0.707. The van der Waals surface area contributed by atoms with Crippen LogP contribution in [0.1, 0.15) is 61.8 Å². The van der Waals surface area contributed by atoms with Gasteiger partial charge in [0.1, 0.15) is 5.78 Å². The molecule has 0 aromatic heterocycles. The van der Waals surface area contributed by atoms with E-state index in [-0.39, 0.29) is 11.8 Å². The molecule has 0 bridgehead atoms. The van der Waals surface area contributed by atoms with E-state index in [1.54, 1.807) is 0 Å². The molecule has 0 fully saturated rings. The van der Waals surface area contributed by atoms with Crippen molar-refractivity contribution in [3.8, 4) is 0 Å². The minimum atomic E-state index is -0.0592. The minimum absolute atomic E-state index is 0.0592. The molecule has 22 heavy (non-hydrogen) atoms. The zero-order valence-electron chi connectivity index (χ0n) is 14.1. The van der Waals surface area contributed by atoms with Crippen LogP contribution in [-0.4, -0.2) is 5.78 Å². The SMILES string of the molecule is CCc1ccccc1C(C)C(=O)C(C)c1ccccc1CC. The highest BCUT2D eigenvalue weighted by atomic mass is 16.1. The lowest BCUT2D eigenvalue weighted by molar-refractivity contribution is -0.121. The minimum Gasteiger partial charge on any atom is -0.298 e. The van der Waals surface area contributed by atoms with Crippen LogP contribution in [0.2, 0.25) is 0 Å². The zero-order chi connectivity index (χ0) is 16.1. The molecule has 2 aromatic rings. The Hall–Kier alpha value is -1.89. The van der Waals surface area contributed by atoms with Crippen LogP contribution in [0.5, 0.6) is 0 Å². The summed E-state index contributed by atoms with van der Waals surface area (Å²) in [4.78, 5) is 13.0. The lowest BCUT2D eigenvalue weighted by Crippen LogP contribution is -2.18. The van der Waals surface area contributed by atoms with Crippen molar-refractivity contribution in [1.29, 1.82) is 0 Å². The van der Waals surface area contributed by atoms with Gasteiger partial charge >= 0.3 is 0 Å². The van der Waals surface area contributed by atoms with Crippen molar-refractivity contribution in [1.82, 2.24) is 0 Å². The van der Waals surface area contributed by atoms with Crippen LogP contribution < -0.4 is 0 Å². The number of hydrogen-bond donors (Lipinski definition) is 0. The van der Waals surface area contributed by atoms with Crippen molar-refractivity contribution in [2.45, 2.75) is 52.4 Å². The number of aryl methyl sites for hydroxylation is 2. The Kier molecular flexibility index (Phi) is 5.54. The Balaban J connectivity index is 2.30. The fourth-order valence-electron chi connectivity index (χ4n) is 3.24. The average molecular weight is 294 g/mol. The molecule has 0 saturated heterocycles. The zero-order valence-corrected chi connectivity index (χ0v) is 14.1. The molecule has 0 N–H and O–H groups in total. The second-order valence-corrected chi connectivity index (χ2v) is 5.95. The molecule has 2 aromatic carbocycles. The molecular formula is C21H26O. The molecule has 0 radical (unpaired) electrons. The first-order valence-corrected chi connectivity index (χ1v) is 8.29. The first-order chi connectivity index (χ1) is 10.6. The largest absolute Gasteiger partial charge is 0.298 e. The van der Waals surface area contributed by atoms with Gasteiger partial charge in [-0.05, 0) is 35.1 Å². The van der Waals surface area contributed by atoms with E-state index in [1.165, 1.54) is 22.3 Å². The Morgan fingerprint density at radius 1 is 0.773 bits per heavy atom. The molecule has 0 aliphatic heterocycles. The number of Topliss-reactive ketones (excluding diaryl/α,β-unsaturated/α-hetero) is 1. The van der Waals surface area contributed by atoms with Crippen molar-refractivity contribution in [2.24, 2.45) is 0 Å². The highest BCUT2D eigenvalue weighted by Gasteiger charge is 2.25. The predicted octanol–water partition coefficient (Wildman–Crippen LogP) is 5.29. The number of ketones is 1. The van der Waals surface area contributed by atoms with Crippen molar-refractivity contribution >= 4 is 5.78 Å². The molecule has 2 rings (SSSR count). The molecule has 1 heteroatoms. The predicted molar refractivity (Wildman–Crippen MR) is 93.5 cm³/mol. The molecule has 1 nitrogen and oxygen atoms in total. The standard InChI is InChI=1S/C21H26O/c1-5-17-11-7-9-13-19(17)15(3)21(22)16(4)20-14-10-8-12-18(20)6-2/h7-16H,5-6H2,1-4H3. The van der Waals surface area contributed by atoms with Crippen LogP contribution in [0.15, 0.2) is 48.5 Å². The maximum atomic E-state index is 13.0. The van der Waals surface area contributed by atoms with Crippen molar-refractivity contribution < 1.29 is 4.79 Å². The van der Waals surface area contributed by atoms with Gasteiger partial charge in [0, 0.05) is 11.8 Å². The van der Waals surface area contributed by atoms with Crippen molar-refractivity contribution in [3.63, 3.8) is 0 Å². The molecule has 0 heterocycles. The third-order valence-electron chi connectivity index (χ3n) is 4.66. The van der Waals surface area contributed by atoms with Gasteiger partial charge < -0.3 is 0 Å². The second kappa shape index (κ2) is 7.40. The third kappa shape index (κ3) is 3.30. The fraction of sp³-hybridized carbons (Fsp3) is 0.381. The Bertz CT molecular complexity index is 586. The van der Waals surface area contributed by atoms with Gasteiger partial charge in [0.05, 0.1) is 0 Å². The first-order valence-electron chi connectivity index (χ1n) is 8.29. The van der Waals surface area contributed by atoms with E-state index in [4.69, 9.17) is 0 Å². The maximum absolute atomic E-state index is 13.0.